The average molecular weight is 332 g/mol. The van der Waals surface area contributed by atoms with E-state index in [0.717, 1.165) is 24.0 Å². The van der Waals surface area contributed by atoms with Gasteiger partial charge in [-0.25, -0.2) is 10.4 Å². The lowest BCUT2D eigenvalue weighted by Crippen LogP contribution is -3.13. The molecule has 0 unspecified atom stereocenters. The molecule has 0 aliphatic carbocycles. The Morgan fingerprint density at radius 2 is 2.09 bits per heavy atom. The van der Waals surface area contributed by atoms with E-state index in [1.165, 1.54) is 24.2 Å². The zero-order valence-corrected chi connectivity index (χ0v) is 13.6. The van der Waals surface area contributed by atoms with E-state index in [2.05, 4.69) is 15.5 Å². The largest absolute Gasteiger partial charge is 0.327 e. The van der Waals surface area contributed by atoms with E-state index in [0.29, 0.717) is 17.3 Å². The van der Waals surface area contributed by atoms with E-state index >= 15 is 0 Å². The summed E-state index contributed by atoms with van der Waals surface area (Å²) in [7, 11) is 0. The number of hydrazone groups is 1. The summed E-state index contributed by atoms with van der Waals surface area (Å²) < 4.78 is 0. The normalized spacial score (nSPS) is 16.0. The maximum Gasteiger partial charge on any atom is 0.295 e. The Labute approximate surface area is 140 Å². The Morgan fingerprint density at radius 1 is 1.30 bits per heavy atom. The lowest BCUT2D eigenvalue weighted by atomic mass is 10.1. The van der Waals surface area contributed by atoms with Gasteiger partial charge in [0.15, 0.2) is 6.54 Å². The fourth-order valence-corrected chi connectivity index (χ4v) is 3.06. The molecule has 2 N–H and O–H groups in total. The van der Waals surface area contributed by atoms with Gasteiger partial charge >= 0.3 is 0 Å². The number of para-hydroxylation sites is 1. The highest BCUT2D eigenvalue weighted by molar-refractivity contribution is 6.32. The minimum atomic E-state index is -0.0666. The number of benzene rings is 1. The van der Waals surface area contributed by atoms with Crippen molar-refractivity contribution in [2.24, 2.45) is 5.10 Å². The maximum atomic E-state index is 11.9. The molecule has 1 saturated heterocycles. The Morgan fingerprint density at radius 3 is 2.91 bits per heavy atom. The summed E-state index contributed by atoms with van der Waals surface area (Å²) in [5, 5.41) is 5.38. The molecule has 2 aromatic rings. The fraction of sp³-hybridized carbons (Fsp3) is 0.353. The SMILES string of the molecule is O=C(C[NH+]1CCCCC1)N/N=C\c1cc2ccccc2nc1Cl. The minimum absolute atomic E-state index is 0.0666. The molecule has 5 nitrogen and oxygen atoms in total. The van der Waals surface area contributed by atoms with Gasteiger partial charge in [-0.3, -0.25) is 4.79 Å². The number of pyridine rings is 1. The van der Waals surface area contributed by atoms with Crippen molar-refractivity contribution >= 4 is 34.6 Å². The van der Waals surface area contributed by atoms with Crippen molar-refractivity contribution in [1.29, 1.82) is 0 Å². The second kappa shape index (κ2) is 7.53. The standard InChI is InChI=1S/C17H19ClN4O/c18-17-14(10-13-6-2-3-7-15(13)20-17)11-19-21-16(23)12-22-8-4-1-5-9-22/h2-3,6-7,10-11H,1,4-5,8-9,12H2,(H,21,23)/p+1/b19-11-. The zero-order chi connectivity index (χ0) is 16.1. The van der Waals surface area contributed by atoms with Gasteiger partial charge in [-0.2, -0.15) is 5.10 Å². The monoisotopic (exact) mass is 331 g/mol. The molecular weight excluding hydrogens is 312 g/mol. The Balaban J connectivity index is 1.61. The summed E-state index contributed by atoms with van der Waals surface area (Å²) in [6, 6.07) is 9.65. The molecule has 0 spiro atoms. The molecule has 3 rings (SSSR count). The van der Waals surface area contributed by atoms with Gasteiger partial charge in [-0.15, -0.1) is 0 Å². The molecule has 1 aliphatic heterocycles. The van der Waals surface area contributed by atoms with Gasteiger partial charge in [0, 0.05) is 10.9 Å². The number of likely N-dealkylation sites (tertiary alicyclic amines) is 1. The number of nitrogens with zero attached hydrogens (tertiary/aromatic N) is 2. The summed E-state index contributed by atoms with van der Waals surface area (Å²) >= 11 is 6.15. The van der Waals surface area contributed by atoms with Crippen LogP contribution in [0.3, 0.4) is 0 Å². The Hall–Kier alpha value is -1.98. The number of aromatic nitrogens is 1. The molecule has 6 heteroatoms. The molecule has 0 bridgehead atoms. The van der Waals surface area contributed by atoms with Crippen LogP contribution in [0, 0.1) is 0 Å². The molecule has 1 amide bonds. The fourth-order valence-electron chi connectivity index (χ4n) is 2.87. The predicted molar refractivity (Wildman–Crippen MR) is 91.9 cm³/mol. The smallest absolute Gasteiger partial charge is 0.295 e. The van der Waals surface area contributed by atoms with Gasteiger partial charge in [-0.05, 0) is 31.4 Å². The molecule has 1 fully saturated rings. The highest BCUT2D eigenvalue weighted by atomic mass is 35.5. The highest BCUT2D eigenvalue weighted by Crippen LogP contribution is 2.18. The molecule has 0 radical (unpaired) electrons. The lowest BCUT2D eigenvalue weighted by molar-refractivity contribution is -0.896. The first-order chi connectivity index (χ1) is 11.2. The van der Waals surface area contributed by atoms with Gasteiger partial charge in [0.05, 0.1) is 24.8 Å². The number of carbonyl (C=O) groups excluding carboxylic acids is 1. The molecule has 0 saturated carbocycles. The van der Waals surface area contributed by atoms with Crippen molar-refractivity contribution < 1.29 is 9.69 Å². The number of nitrogens with one attached hydrogen (secondary N) is 2. The second-order valence-corrected chi connectivity index (χ2v) is 6.20. The van der Waals surface area contributed by atoms with E-state index < -0.39 is 0 Å². The molecule has 120 valence electrons. The molecule has 0 atom stereocenters. The number of piperidine rings is 1. The second-order valence-electron chi connectivity index (χ2n) is 5.84. The van der Waals surface area contributed by atoms with Gasteiger partial charge in [0.25, 0.3) is 5.91 Å². The maximum absolute atomic E-state index is 11.9. The topological polar surface area (TPSA) is 58.8 Å². The molecule has 2 heterocycles. The molecule has 1 aliphatic rings. The number of hydrogen-bond donors (Lipinski definition) is 2. The number of carbonyl (C=O) groups is 1. The van der Waals surface area contributed by atoms with Crippen LogP contribution in [0.2, 0.25) is 5.15 Å². The number of amides is 1. The van der Waals surface area contributed by atoms with Crippen LogP contribution in [0.5, 0.6) is 0 Å². The first-order valence-electron chi connectivity index (χ1n) is 7.93. The summed E-state index contributed by atoms with van der Waals surface area (Å²) in [6.07, 6.45) is 5.22. The van der Waals surface area contributed by atoms with Crippen LogP contribution in [-0.2, 0) is 4.79 Å². The van der Waals surface area contributed by atoms with E-state index in [9.17, 15) is 4.79 Å². The van der Waals surface area contributed by atoms with Gasteiger partial charge in [-0.1, -0.05) is 29.8 Å². The van der Waals surface area contributed by atoms with Crippen LogP contribution in [0.15, 0.2) is 35.4 Å². The van der Waals surface area contributed by atoms with Crippen molar-refractivity contribution in [2.75, 3.05) is 19.6 Å². The van der Waals surface area contributed by atoms with Crippen LogP contribution in [-0.4, -0.2) is 36.7 Å². The first kappa shape index (κ1) is 15.9. The number of hydrogen-bond acceptors (Lipinski definition) is 3. The summed E-state index contributed by atoms with van der Waals surface area (Å²) in [5.41, 5.74) is 4.11. The number of quaternary nitrogens is 1. The van der Waals surface area contributed by atoms with Crippen LogP contribution < -0.4 is 10.3 Å². The third kappa shape index (κ3) is 4.27. The van der Waals surface area contributed by atoms with Gasteiger partial charge < -0.3 is 4.90 Å². The Kier molecular flexibility index (Phi) is 5.20. The summed E-state index contributed by atoms with van der Waals surface area (Å²) in [5.74, 6) is -0.0666. The number of halogens is 1. The van der Waals surface area contributed by atoms with E-state index in [4.69, 9.17) is 11.6 Å². The van der Waals surface area contributed by atoms with Gasteiger partial charge in [0.2, 0.25) is 0 Å². The van der Waals surface area contributed by atoms with E-state index in [1.807, 2.05) is 30.3 Å². The lowest BCUT2D eigenvalue weighted by Gasteiger charge is -2.22. The van der Waals surface area contributed by atoms with Crippen LogP contribution >= 0.6 is 11.6 Å². The zero-order valence-electron chi connectivity index (χ0n) is 12.9. The molecular formula is C17H20ClN4O+. The third-order valence-electron chi connectivity index (χ3n) is 4.07. The first-order valence-corrected chi connectivity index (χ1v) is 8.31. The van der Waals surface area contributed by atoms with Crippen molar-refractivity contribution in [2.45, 2.75) is 19.3 Å². The van der Waals surface area contributed by atoms with Crippen molar-refractivity contribution in [3.63, 3.8) is 0 Å². The quantitative estimate of drug-likeness (QED) is 0.505. The average Bonchev–Trinajstić information content (AvgIpc) is 2.56. The van der Waals surface area contributed by atoms with Gasteiger partial charge in [0.1, 0.15) is 5.15 Å². The molecule has 1 aromatic heterocycles. The third-order valence-corrected chi connectivity index (χ3v) is 4.37. The minimum Gasteiger partial charge on any atom is -0.327 e. The summed E-state index contributed by atoms with van der Waals surface area (Å²) in [6.45, 7) is 2.61. The number of rotatable bonds is 4. The van der Waals surface area contributed by atoms with Crippen LogP contribution in [0.4, 0.5) is 0 Å². The van der Waals surface area contributed by atoms with Crippen molar-refractivity contribution in [3.8, 4) is 0 Å². The number of fused-ring (bicyclic) bond motifs is 1. The Bertz CT molecular complexity index is 726. The van der Waals surface area contributed by atoms with Crippen molar-refractivity contribution in [1.82, 2.24) is 10.4 Å². The molecule has 23 heavy (non-hydrogen) atoms. The van der Waals surface area contributed by atoms with Crippen molar-refractivity contribution in [3.05, 3.63) is 41.0 Å². The van der Waals surface area contributed by atoms with E-state index in [-0.39, 0.29) is 5.91 Å². The summed E-state index contributed by atoms with van der Waals surface area (Å²) in [4.78, 5) is 17.6. The van der Waals surface area contributed by atoms with Crippen LogP contribution in [0.1, 0.15) is 24.8 Å². The van der Waals surface area contributed by atoms with E-state index in [1.54, 1.807) is 6.21 Å². The predicted octanol–water partition coefficient (Wildman–Crippen LogP) is 1.41. The van der Waals surface area contributed by atoms with Crippen LogP contribution in [0.25, 0.3) is 10.9 Å². The molecule has 1 aromatic carbocycles. The highest BCUT2D eigenvalue weighted by Gasteiger charge is 2.16.